The van der Waals surface area contributed by atoms with E-state index in [1.165, 1.54) is 17.5 Å². The van der Waals surface area contributed by atoms with Gasteiger partial charge < -0.3 is 5.11 Å². The van der Waals surface area contributed by atoms with Crippen LogP contribution in [0.4, 0.5) is 0 Å². The Bertz CT molecular complexity index is 505. The molecule has 0 aliphatic rings. The molecule has 0 fully saturated rings. The van der Waals surface area contributed by atoms with Gasteiger partial charge in [-0.05, 0) is 13.0 Å². The standard InChI is InChI=1S/C11H9NO2S/c1-7-3-2-4-8(5-7)10-12-6-9(15-10)11(13)14/h2-6H,1H3,(H,13,14). The highest BCUT2D eigenvalue weighted by Crippen LogP contribution is 2.25. The van der Waals surface area contributed by atoms with E-state index < -0.39 is 5.97 Å². The number of aryl methyl sites for hydroxylation is 1. The van der Waals surface area contributed by atoms with E-state index in [-0.39, 0.29) is 4.88 Å². The van der Waals surface area contributed by atoms with Gasteiger partial charge in [0.05, 0.1) is 6.20 Å². The number of aromatic carboxylic acids is 1. The summed E-state index contributed by atoms with van der Waals surface area (Å²) in [6.45, 7) is 2.00. The Hall–Kier alpha value is -1.68. The SMILES string of the molecule is Cc1cccc(-c2ncc(C(=O)O)s2)c1. The summed E-state index contributed by atoms with van der Waals surface area (Å²) in [6, 6.07) is 7.85. The Balaban J connectivity index is 2.41. The lowest BCUT2D eigenvalue weighted by molar-refractivity contribution is 0.0702. The molecule has 0 atom stereocenters. The van der Waals surface area contributed by atoms with E-state index in [0.717, 1.165) is 16.1 Å². The molecule has 2 rings (SSSR count). The molecular weight excluding hydrogens is 210 g/mol. The highest BCUT2D eigenvalue weighted by molar-refractivity contribution is 7.16. The van der Waals surface area contributed by atoms with Crippen LogP contribution in [-0.2, 0) is 0 Å². The first kappa shape index (κ1) is 9.86. The van der Waals surface area contributed by atoms with Crippen LogP contribution in [0.5, 0.6) is 0 Å². The number of carboxylic acids is 1. The van der Waals surface area contributed by atoms with Crippen LogP contribution in [-0.4, -0.2) is 16.1 Å². The van der Waals surface area contributed by atoms with Gasteiger partial charge in [-0.3, -0.25) is 0 Å². The van der Waals surface area contributed by atoms with Gasteiger partial charge in [-0.2, -0.15) is 0 Å². The molecule has 0 radical (unpaired) electrons. The molecule has 0 unspecified atom stereocenters. The highest BCUT2D eigenvalue weighted by atomic mass is 32.1. The average molecular weight is 219 g/mol. The molecule has 0 aliphatic heterocycles. The van der Waals surface area contributed by atoms with Gasteiger partial charge in [0.25, 0.3) is 0 Å². The molecule has 1 N–H and O–H groups in total. The Morgan fingerprint density at radius 2 is 2.27 bits per heavy atom. The van der Waals surface area contributed by atoms with Crippen LogP contribution in [0.15, 0.2) is 30.5 Å². The monoisotopic (exact) mass is 219 g/mol. The Kier molecular flexibility index (Phi) is 2.51. The number of carboxylic acid groups (broad SMARTS) is 1. The summed E-state index contributed by atoms with van der Waals surface area (Å²) in [5.41, 5.74) is 2.10. The number of rotatable bonds is 2. The second-order valence-corrected chi connectivity index (χ2v) is 4.23. The van der Waals surface area contributed by atoms with Crippen LogP contribution in [0.1, 0.15) is 15.2 Å². The number of carbonyl (C=O) groups is 1. The first-order valence-corrected chi connectivity index (χ1v) is 5.24. The van der Waals surface area contributed by atoms with Gasteiger partial charge in [-0.15, -0.1) is 11.3 Å². The summed E-state index contributed by atoms with van der Waals surface area (Å²) < 4.78 is 0. The molecule has 0 saturated heterocycles. The lowest BCUT2D eigenvalue weighted by Crippen LogP contribution is -1.89. The predicted octanol–water partition coefficient (Wildman–Crippen LogP) is 2.82. The molecule has 3 nitrogen and oxygen atoms in total. The van der Waals surface area contributed by atoms with Gasteiger partial charge in [-0.25, -0.2) is 9.78 Å². The van der Waals surface area contributed by atoms with E-state index in [2.05, 4.69) is 4.98 Å². The van der Waals surface area contributed by atoms with Crippen molar-refractivity contribution in [3.63, 3.8) is 0 Å². The van der Waals surface area contributed by atoms with Crippen molar-refractivity contribution in [2.75, 3.05) is 0 Å². The molecule has 76 valence electrons. The molecule has 1 aromatic carbocycles. The maximum absolute atomic E-state index is 10.7. The number of thiazole rings is 1. The fourth-order valence-corrected chi connectivity index (χ4v) is 2.04. The summed E-state index contributed by atoms with van der Waals surface area (Å²) in [5, 5.41) is 9.52. The maximum Gasteiger partial charge on any atom is 0.347 e. The van der Waals surface area contributed by atoms with Crippen LogP contribution in [0.2, 0.25) is 0 Å². The second kappa shape index (κ2) is 3.82. The summed E-state index contributed by atoms with van der Waals surface area (Å²) in [5.74, 6) is -0.925. The van der Waals surface area contributed by atoms with Crippen molar-refractivity contribution < 1.29 is 9.90 Å². The molecule has 1 aromatic heterocycles. The lowest BCUT2D eigenvalue weighted by atomic mass is 10.1. The Labute approximate surface area is 91.0 Å². The highest BCUT2D eigenvalue weighted by Gasteiger charge is 2.09. The number of hydrogen-bond acceptors (Lipinski definition) is 3. The van der Waals surface area contributed by atoms with E-state index in [9.17, 15) is 4.79 Å². The molecule has 4 heteroatoms. The molecule has 0 spiro atoms. The van der Waals surface area contributed by atoms with E-state index in [4.69, 9.17) is 5.11 Å². The minimum absolute atomic E-state index is 0.270. The minimum atomic E-state index is -0.925. The minimum Gasteiger partial charge on any atom is -0.477 e. The first-order valence-electron chi connectivity index (χ1n) is 4.43. The quantitative estimate of drug-likeness (QED) is 0.844. The summed E-state index contributed by atoms with van der Waals surface area (Å²) in [6.07, 6.45) is 1.39. The van der Waals surface area contributed by atoms with Crippen LogP contribution in [0.3, 0.4) is 0 Å². The van der Waals surface area contributed by atoms with Crippen LogP contribution >= 0.6 is 11.3 Å². The fourth-order valence-electron chi connectivity index (χ4n) is 1.28. The summed E-state index contributed by atoms with van der Waals surface area (Å²) in [7, 11) is 0. The van der Waals surface area contributed by atoms with Crippen molar-refractivity contribution in [2.45, 2.75) is 6.92 Å². The molecular formula is C11H9NO2S. The molecule has 2 aromatic rings. The maximum atomic E-state index is 10.7. The van der Waals surface area contributed by atoms with Crippen LogP contribution < -0.4 is 0 Å². The van der Waals surface area contributed by atoms with Crippen LogP contribution in [0, 0.1) is 6.92 Å². The van der Waals surface area contributed by atoms with Gasteiger partial charge in [-0.1, -0.05) is 23.8 Å². The average Bonchev–Trinajstić information content (AvgIpc) is 2.66. The zero-order valence-corrected chi connectivity index (χ0v) is 8.91. The third-order valence-electron chi connectivity index (χ3n) is 1.98. The van der Waals surface area contributed by atoms with Crippen molar-refractivity contribution >= 4 is 17.3 Å². The molecule has 0 aliphatic carbocycles. The normalized spacial score (nSPS) is 10.2. The van der Waals surface area contributed by atoms with E-state index in [0.29, 0.717) is 0 Å². The number of nitrogens with zero attached hydrogens (tertiary/aromatic N) is 1. The van der Waals surface area contributed by atoms with Gasteiger partial charge in [0.15, 0.2) is 0 Å². The van der Waals surface area contributed by atoms with E-state index >= 15 is 0 Å². The van der Waals surface area contributed by atoms with Crippen molar-refractivity contribution in [3.8, 4) is 10.6 Å². The van der Waals surface area contributed by atoms with Crippen molar-refractivity contribution in [2.24, 2.45) is 0 Å². The summed E-state index contributed by atoms with van der Waals surface area (Å²) >= 11 is 1.19. The number of hydrogen-bond donors (Lipinski definition) is 1. The largest absolute Gasteiger partial charge is 0.477 e. The number of aromatic nitrogens is 1. The Morgan fingerprint density at radius 1 is 1.47 bits per heavy atom. The van der Waals surface area contributed by atoms with Gasteiger partial charge in [0, 0.05) is 5.56 Å². The predicted molar refractivity (Wildman–Crippen MR) is 59.2 cm³/mol. The van der Waals surface area contributed by atoms with Crippen molar-refractivity contribution in [3.05, 3.63) is 40.9 Å². The third kappa shape index (κ3) is 2.05. The lowest BCUT2D eigenvalue weighted by Gasteiger charge is -1.96. The third-order valence-corrected chi connectivity index (χ3v) is 3.02. The van der Waals surface area contributed by atoms with Gasteiger partial charge >= 0.3 is 5.97 Å². The molecule has 0 saturated carbocycles. The second-order valence-electron chi connectivity index (χ2n) is 3.20. The van der Waals surface area contributed by atoms with Crippen molar-refractivity contribution in [1.29, 1.82) is 0 Å². The van der Waals surface area contributed by atoms with E-state index in [1.54, 1.807) is 0 Å². The molecule has 1 heterocycles. The Morgan fingerprint density at radius 3 is 2.87 bits per heavy atom. The molecule has 15 heavy (non-hydrogen) atoms. The topological polar surface area (TPSA) is 50.2 Å². The van der Waals surface area contributed by atoms with Crippen molar-refractivity contribution in [1.82, 2.24) is 4.98 Å². The zero-order valence-electron chi connectivity index (χ0n) is 8.10. The fraction of sp³-hybridized carbons (Fsp3) is 0.0909. The smallest absolute Gasteiger partial charge is 0.347 e. The first-order chi connectivity index (χ1) is 7.16. The van der Waals surface area contributed by atoms with Gasteiger partial charge in [0.1, 0.15) is 9.88 Å². The van der Waals surface area contributed by atoms with E-state index in [1.807, 2.05) is 31.2 Å². The zero-order chi connectivity index (χ0) is 10.8. The van der Waals surface area contributed by atoms with Crippen LogP contribution in [0.25, 0.3) is 10.6 Å². The molecule has 0 bridgehead atoms. The molecule has 0 amide bonds. The summed E-state index contributed by atoms with van der Waals surface area (Å²) in [4.78, 5) is 15.0. The van der Waals surface area contributed by atoms with Gasteiger partial charge in [0.2, 0.25) is 0 Å². The number of benzene rings is 1.